The summed E-state index contributed by atoms with van der Waals surface area (Å²) in [5, 5.41) is 3.39. The van der Waals surface area contributed by atoms with E-state index in [1.54, 1.807) is 18.7 Å². The van der Waals surface area contributed by atoms with Crippen LogP contribution in [0.4, 0.5) is 5.95 Å². The molecule has 1 aliphatic rings. The number of nitrogens with one attached hydrogen (secondary N) is 1. The van der Waals surface area contributed by atoms with Gasteiger partial charge in [-0.05, 0) is 31.5 Å². The van der Waals surface area contributed by atoms with Crippen LogP contribution in [0.5, 0.6) is 0 Å². The second-order valence-corrected chi connectivity index (χ2v) is 6.24. The number of guanidine groups is 1. The van der Waals surface area contributed by atoms with E-state index < -0.39 is 0 Å². The third-order valence-corrected chi connectivity index (χ3v) is 4.28. The maximum atomic E-state index is 5.61. The van der Waals surface area contributed by atoms with Crippen LogP contribution in [-0.2, 0) is 11.3 Å². The van der Waals surface area contributed by atoms with E-state index in [1.165, 1.54) is 0 Å². The van der Waals surface area contributed by atoms with Crippen LogP contribution in [0.25, 0.3) is 0 Å². The third-order valence-electron chi connectivity index (χ3n) is 4.28. The van der Waals surface area contributed by atoms with Gasteiger partial charge in [-0.1, -0.05) is 0 Å². The Balaban J connectivity index is 0.00000280. The first kappa shape index (κ1) is 22.4. The number of rotatable bonds is 8. The predicted molar refractivity (Wildman–Crippen MR) is 120 cm³/mol. The number of halogens is 1. The highest BCUT2D eigenvalue weighted by molar-refractivity contribution is 14.0. The van der Waals surface area contributed by atoms with E-state index in [1.807, 2.05) is 18.2 Å². The molecule has 0 bridgehead atoms. The van der Waals surface area contributed by atoms with Crippen molar-refractivity contribution in [3.8, 4) is 0 Å². The van der Waals surface area contributed by atoms with Crippen LogP contribution in [-0.4, -0.2) is 66.7 Å². The smallest absolute Gasteiger partial charge is 0.225 e. The fourth-order valence-corrected chi connectivity index (χ4v) is 2.92. The van der Waals surface area contributed by atoms with Crippen molar-refractivity contribution >= 4 is 35.9 Å². The van der Waals surface area contributed by atoms with Crippen molar-refractivity contribution in [2.24, 2.45) is 4.99 Å². The second kappa shape index (κ2) is 12.6. The molecule has 8 nitrogen and oxygen atoms in total. The summed E-state index contributed by atoms with van der Waals surface area (Å²) in [5.41, 5.74) is 0. The molecule has 2 aromatic rings. The maximum Gasteiger partial charge on any atom is 0.225 e. The summed E-state index contributed by atoms with van der Waals surface area (Å²) in [6.07, 6.45) is 6.12. The Morgan fingerprint density at radius 2 is 2.00 bits per heavy atom. The molecule has 9 heteroatoms. The van der Waals surface area contributed by atoms with Crippen molar-refractivity contribution in [3.63, 3.8) is 0 Å². The first-order valence-electron chi connectivity index (χ1n) is 9.52. The molecule has 154 valence electrons. The molecule has 0 aliphatic carbocycles. The average Bonchev–Trinajstić information content (AvgIpc) is 3.24. The average molecular weight is 500 g/mol. The Morgan fingerprint density at radius 1 is 1.21 bits per heavy atom. The van der Waals surface area contributed by atoms with E-state index in [9.17, 15) is 0 Å². The minimum absolute atomic E-state index is 0. The van der Waals surface area contributed by atoms with Gasteiger partial charge in [0.1, 0.15) is 12.4 Å². The Hall–Kier alpha value is -1.88. The quantitative estimate of drug-likeness (QED) is 0.258. The van der Waals surface area contributed by atoms with Gasteiger partial charge in [0.25, 0.3) is 0 Å². The molecule has 1 N–H and O–H groups in total. The van der Waals surface area contributed by atoms with Gasteiger partial charge in [0.2, 0.25) is 5.95 Å². The zero-order valence-electron chi connectivity index (χ0n) is 16.3. The largest absolute Gasteiger partial charge is 0.467 e. The van der Waals surface area contributed by atoms with Crippen LogP contribution in [0.15, 0.2) is 46.3 Å². The van der Waals surface area contributed by atoms with E-state index in [-0.39, 0.29) is 24.0 Å². The molecule has 2 aromatic heterocycles. The van der Waals surface area contributed by atoms with Crippen LogP contribution in [0.3, 0.4) is 0 Å². The van der Waals surface area contributed by atoms with Crippen molar-refractivity contribution in [2.45, 2.75) is 20.0 Å². The molecule has 28 heavy (non-hydrogen) atoms. The molecule has 0 unspecified atom stereocenters. The summed E-state index contributed by atoms with van der Waals surface area (Å²) >= 11 is 0. The summed E-state index contributed by atoms with van der Waals surface area (Å²) in [4.78, 5) is 17.9. The Kier molecular flexibility index (Phi) is 10.0. The molecule has 3 rings (SSSR count). The lowest BCUT2D eigenvalue weighted by atomic mass is 10.3. The lowest BCUT2D eigenvalue weighted by Crippen LogP contribution is -2.53. The number of furan rings is 1. The summed E-state index contributed by atoms with van der Waals surface area (Å²) < 4.78 is 10.9. The Labute approximate surface area is 183 Å². The van der Waals surface area contributed by atoms with E-state index in [4.69, 9.17) is 14.1 Å². The highest BCUT2D eigenvalue weighted by Crippen LogP contribution is 2.10. The zero-order chi connectivity index (χ0) is 18.7. The first-order valence-corrected chi connectivity index (χ1v) is 9.52. The molecule has 3 heterocycles. The SMILES string of the molecule is CCNC(=NCCCOCc1ccco1)N1CCN(c2ncccn2)CC1.I. The van der Waals surface area contributed by atoms with Gasteiger partial charge in [-0.15, -0.1) is 24.0 Å². The number of hydrogen-bond donors (Lipinski definition) is 1. The minimum Gasteiger partial charge on any atom is -0.467 e. The van der Waals surface area contributed by atoms with Gasteiger partial charge in [0, 0.05) is 58.3 Å². The van der Waals surface area contributed by atoms with Crippen molar-refractivity contribution in [2.75, 3.05) is 50.8 Å². The summed E-state index contributed by atoms with van der Waals surface area (Å²) in [7, 11) is 0. The molecule has 1 aliphatic heterocycles. The molecule has 0 saturated carbocycles. The number of piperazine rings is 1. The van der Waals surface area contributed by atoms with Crippen LogP contribution in [0.2, 0.25) is 0 Å². The van der Waals surface area contributed by atoms with Crippen LogP contribution >= 0.6 is 24.0 Å². The number of aromatic nitrogens is 2. The molecule has 0 aromatic carbocycles. The molecule has 0 atom stereocenters. The minimum atomic E-state index is 0. The van der Waals surface area contributed by atoms with Gasteiger partial charge < -0.3 is 24.3 Å². The van der Waals surface area contributed by atoms with Crippen LogP contribution < -0.4 is 10.2 Å². The highest BCUT2D eigenvalue weighted by Gasteiger charge is 2.20. The van der Waals surface area contributed by atoms with Crippen LogP contribution in [0, 0.1) is 0 Å². The van der Waals surface area contributed by atoms with Gasteiger partial charge in [0.15, 0.2) is 5.96 Å². The molecular weight excluding hydrogens is 471 g/mol. The molecule has 1 saturated heterocycles. The summed E-state index contributed by atoms with van der Waals surface area (Å²) in [6.45, 7) is 8.46. The van der Waals surface area contributed by atoms with Gasteiger partial charge >= 0.3 is 0 Å². The first-order chi connectivity index (χ1) is 13.4. The Bertz CT molecular complexity index is 675. The topological polar surface area (TPSA) is 79.0 Å². The van der Waals surface area contributed by atoms with E-state index in [0.717, 1.165) is 63.4 Å². The number of hydrogen-bond acceptors (Lipinski definition) is 6. The lowest BCUT2D eigenvalue weighted by Gasteiger charge is -2.36. The standard InChI is InChI=1S/C19H28N6O2.HI/c1-2-20-18(23-9-5-14-26-16-17-6-3-15-27-17)24-10-12-25(13-11-24)19-21-7-4-8-22-19;/h3-4,6-8,15H,2,5,9-14,16H2,1H3,(H,20,23);1H. The fraction of sp³-hybridized carbons (Fsp3) is 0.526. The summed E-state index contributed by atoms with van der Waals surface area (Å²) in [6, 6.07) is 5.63. The van der Waals surface area contributed by atoms with Gasteiger partial charge in [-0.25, -0.2) is 9.97 Å². The second-order valence-electron chi connectivity index (χ2n) is 6.24. The maximum absolute atomic E-state index is 5.61. The molecule has 1 fully saturated rings. The van der Waals surface area contributed by atoms with Crippen molar-refractivity contribution in [1.82, 2.24) is 20.2 Å². The van der Waals surface area contributed by atoms with Crippen molar-refractivity contribution < 1.29 is 9.15 Å². The Morgan fingerprint density at radius 3 is 2.68 bits per heavy atom. The number of anilines is 1. The van der Waals surface area contributed by atoms with E-state index in [0.29, 0.717) is 13.2 Å². The number of ether oxygens (including phenoxy) is 1. The molecule has 0 radical (unpaired) electrons. The van der Waals surface area contributed by atoms with E-state index in [2.05, 4.69) is 32.0 Å². The van der Waals surface area contributed by atoms with Gasteiger partial charge in [-0.2, -0.15) is 0 Å². The monoisotopic (exact) mass is 500 g/mol. The zero-order valence-corrected chi connectivity index (χ0v) is 18.6. The van der Waals surface area contributed by atoms with Crippen molar-refractivity contribution in [1.29, 1.82) is 0 Å². The highest BCUT2D eigenvalue weighted by atomic mass is 127. The van der Waals surface area contributed by atoms with Crippen molar-refractivity contribution in [3.05, 3.63) is 42.6 Å². The molecule has 0 amide bonds. The lowest BCUT2D eigenvalue weighted by molar-refractivity contribution is 0.105. The van der Waals surface area contributed by atoms with Gasteiger partial charge in [-0.3, -0.25) is 4.99 Å². The van der Waals surface area contributed by atoms with Gasteiger partial charge in [0.05, 0.1) is 6.26 Å². The van der Waals surface area contributed by atoms with Crippen LogP contribution in [0.1, 0.15) is 19.1 Å². The molecular formula is C19H29IN6O2. The normalized spacial score (nSPS) is 14.7. The third kappa shape index (κ3) is 6.93. The number of aliphatic imine (C=N–C) groups is 1. The van der Waals surface area contributed by atoms with E-state index >= 15 is 0 Å². The number of nitrogens with zero attached hydrogens (tertiary/aromatic N) is 5. The fourth-order valence-electron chi connectivity index (χ4n) is 2.92. The predicted octanol–water partition coefficient (Wildman–Crippen LogP) is 2.38. The summed E-state index contributed by atoms with van der Waals surface area (Å²) in [5.74, 6) is 2.62. The molecule has 0 spiro atoms.